The van der Waals surface area contributed by atoms with Crippen molar-refractivity contribution in [2.75, 3.05) is 0 Å². The second kappa shape index (κ2) is 6.92. The number of benzene rings is 1. The van der Waals surface area contributed by atoms with E-state index in [0.717, 1.165) is 10.4 Å². The number of aliphatic hydroxyl groups excluding tert-OH is 1. The molecular formula is C16H14N2O2S3. The second-order valence-electron chi connectivity index (χ2n) is 5.03. The van der Waals surface area contributed by atoms with Crippen LogP contribution in [0.25, 0.3) is 6.08 Å². The lowest BCUT2D eigenvalue weighted by Gasteiger charge is -2.14. The van der Waals surface area contributed by atoms with Crippen LogP contribution in [-0.2, 0) is 11.3 Å². The van der Waals surface area contributed by atoms with Gasteiger partial charge in [-0.15, -0.1) is 11.3 Å². The van der Waals surface area contributed by atoms with Crippen LogP contribution in [0.15, 0.2) is 41.4 Å². The Morgan fingerprint density at radius 1 is 1.39 bits per heavy atom. The first-order valence-electron chi connectivity index (χ1n) is 6.97. The van der Waals surface area contributed by atoms with Gasteiger partial charge in [-0.25, -0.2) is 4.98 Å². The standard InChI is InChI=1S/C16H14N2O2S3/c1-10(19)13-8-17-14(22-13)7-12-15(20)18(16(21)23-12)9-11-5-3-2-4-6-11/h2-8,10,19H,9H2,1H3/b12-7-. The van der Waals surface area contributed by atoms with Crippen LogP contribution in [0.3, 0.4) is 0 Å². The number of thioether (sulfide) groups is 1. The molecular weight excluding hydrogens is 348 g/mol. The number of hydrogen-bond acceptors (Lipinski definition) is 6. The monoisotopic (exact) mass is 362 g/mol. The summed E-state index contributed by atoms with van der Waals surface area (Å²) in [5.41, 5.74) is 1.04. The van der Waals surface area contributed by atoms with Crippen molar-refractivity contribution >= 4 is 51.6 Å². The average Bonchev–Trinajstić information content (AvgIpc) is 3.10. The van der Waals surface area contributed by atoms with Gasteiger partial charge in [0.15, 0.2) is 0 Å². The molecule has 0 saturated carbocycles. The highest BCUT2D eigenvalue weighted by Crippen LogP contribution is 2.34. The molecule has 2 aromatic rings. The number of nitrogens with zero attached hydrogens (tertiary/aromatic N) is 2. The number of carbonyl (C=O) groups is 1. The summed E-state index contributed by atoms with van der Waals surface area (Å²) in [7, 11) is 0. The lowest BCUT2D eigenvalue weighted by molar-refractivity contribution is -0.122. The van der Waals surface area contributed by atoms with E-state index in [0.29, 0.717) is 20.8 Å². The van der Waals surface area contributed by atoms with Gasteiger partial charge in [0.1, 0.15) is 9.33 Å². The number of thiazole rings is 1. The van der Waals surface area contributed by atoms with Gasteiger partial charge in [0.2, 0.25) is 0 Å². The van der Waals surface area contributed by atoms with Gasteiger partial charge in [0, 0.05) is 6.20 Å². The summed E-state index contributed by atoms with van der Waals surface area (Å²) in [6.45, 7) is 2.16. The Hall–Kier alpha value is -1.54. The maximum absolute atomic E-state index is 12.5. The van der Waals surface area contributed by atoms with Crippen LogP contribution in [0, 0.1) is 0 Å². The van der Waals surface area contributed by atoms with Crippen molar-refractivity contribution in [2.24, 2.45) is 0 Å². The van der Waals surface area contributed by atoms with Crippen LogP contribution in [0.4, 0.5) is 0 Å². The Morgan fingerprint density at radius 3 is 2.78 bits per heavy atom. The fraction of sp³-hybridized carbons (Fsp3) is 0.188. The second-order valence-corrected chi connectivity index (χ2v) is 7.80. The van der Waals surface area contributed by atoms with E-state index in [4.69, 9.17) is 12.2 Å². The van der Waals surface area contributed by atoms with Crippen molar-refractivity contribution in [2.45, 2.75) is 19.6 Å². The molecule has 0 radical (unpaired) electrons. The maximum Gasteiger partial charge on any atom is 0.266 e. The normalized spacial score (nSPS) is 18.0. The van der Waals surface area contributed by atoms with Crippen LogP contribution < -0.4 is 0 Å². The third-order valence-corrected chi connectivity index (χ3v) is 5.76. The van der Waals surface area contributed by atoms with Crippen LogP contribution in [0.1, 0.15) is 28.5 Å². The SMILES string of the molecule is CC(O)c1cnc(/C=C2\SC(=S)N(Cc3ccccc3)C2=O)s1. The molecule has 23 heavy (non-hydrogen) atoms. The van der Waals surface area contributed by atoms with E-state index in [1.807, 2.05) is 30.3 Å². The largest absolute Gasteiger partial charge is 0.388 e. The number of aromatic nitrogens is 1. The Bertz CT molecular complexity index is 769. The molecule has 0 bridgehead atoms. The minimum Gasteiger partial charge on any atom is -0.388 e. The van der Waals surface area contributed by atoms with E-state index in [2.05, 4.69) is 4.98 Å². The highest BCUT2D eigenvalue weighted by molar-refractivity contribution is 8.26. The highest BCUT2D eigenvalue weighted by atomic mass is 32.2. The topological polar surface area (TPSA) is 53.4 Å². The molecule has 1 N–H and O–H groups in total. The van der Waals surface area contributed by atoms with Crippen molar-refractivity contribution in [1.82, 2.24) is 9.88 Å². The summed E-state index contributed by atoms with van der Waals surface area (Å²) in [5, 5.41) is 10.2. The fourth-order valence-corrected chi connectivity index (χ4v) is 4.18. The fourth-order valence-electron chi connectivity index (χ4n) is 2.08. The maximum atomic E-state index is 12.5. The molecule has 0 spiro atoms. The smallest absolute Gasteiger partial charge is 0.266 e. The molecule has 1 amide bonds. The molecule has 1 unspecified atom stereocenters. The Kier molecular flexibility index (Phi) is 4.91. The zero-order valence-corrected chi connectivity index (χ0v) is 14.8. The van der Waals surface area contributed by atoms with E-state index >= 15 is 0 Å². The predicted octanol–water partition coefficient (Wildman–Crippen LogP) is 3.60. The molecule has 3 rings (SSSR count). The minimum atomic E-state index is -0.553. The molecule has 4 nitrogen and oxygen atoms in total. The molecule has 1 aliphatic rings. The van der Waals surface area contributed by atoms with Gasteiger partial charge in [-0.05, 0) is 18.6 Å². The van der Waals surface area contributed by atoms with E-state index < -0.39 is 6.10 Å². The minimum absolute atomic E-state index is 0.0994. The van der Waals surface area contributed by atoms with Gasteiger partial charge < -0.3 is 5.11 Å². The first-order valence-corrected chi connectivity index (χ1v) is 9.02. The van der Waals surface area contributed by atoms with E-state index in [1.54, 1.807) is 24.1 Å². The molecule has 118 valence electrons. The summed E-state index contributed by atoms with van der Waals surface area (Å²) < 4.78 is 0.553. The lowest BCUT2D eigenvalue weighted by atomic mass is 10.2. The summed E-state index contributed by atoms with van der Waals surface area (Å²) in [5.74, 6) is -0.0994. The third kappa shape index (κ3) is 3.69. The van der Waals surface area contributed by atoms with Gasteiger partial charge in [0.05, 0.1) is 22.4 Å². The number of thiocarbonyl (C=S) groups is 1. The Morgan fingerprint density at radius 2 is 2.13 bits per heavy atom. The molecule has 1 aliphatic heterocycles. The summed E-state index contributed by atoms with van der Waals surface area (Å²) in [6.07, 6.45) is 2.81. The molecule has 0 aliphatic carbocycles. The third-order valence-electron chi connectivity index (χ3n) is 3.26. The quantitative estimate of drug-likeness (QED) is 0.665. The molecule has 7 heteroatoms. The Balaban J connectivity index is 1.78. The molecule has 1 aromatic carbocycles. The molecule has 1 aromatic heterocycles. The number of hydrogen-bond donors (Lipinski definition) is 1. The summed E-state index contributed by atoms with van der Waals surface area (Å²) >= 11 is 7.99. The zero-order valence-electron chi connectivity index (χ0n) is 12.3. The molecule has 1 atom stereocenters. The van der Waals surface area contributed by atoms with E-state index in [1.165, 1.54) is 23.1 Å². The van der Waals surface area contributed by atoms with E-state index in [-0.39, 0.29) is 5.91 Å². The predicted molar refractivity (Wildman–Crippen MR) is 97.9 cm³/mol. The van der Waals surface area contributed by atoms with Gasteiger partial charge in [-0.3, -0.25) is 9.69 Å². The summed E-state index contributed by atoms with van der Waals surface area (Å²) in [6, 6.07) is 9.76. The first kappa shape index (κ1) is 16.3. The van der Waals surface area contributed by atoms with Crippen molar-refractivity contribution in [3.63, 3.8) is 0 Å². The van der Waals surface area contributed by atoms with E-state index in [9.17, 15) is 9.90 Å². The van der Waals surface area contributed by atoms with Crippen LogP contribution in [-0.4, -0.2) is 25.2 Å². The Labute approximate surface area is 147 Å². The molecule has 2 heterocycles. The number of amides is 1. The zero-order chi connectivity index (χ0) is 16.4. The number of carbonyl (C=O) groups excluding carboxylic acids is 1. The van der Waals surface area contributed by atoms with Crippen LogP contribution in [0.2, 0.25) is 0 Å². The van der Waals surface area contributed by atoms with Crippen molar-refractivity contribution < 1.29 is 9.90 Å². The molecule has 1 saturated heterocycles. The van der Waals surface area contributed by atoms with Crippen LogP contribution in [0.5, 0.6) is 0 Å². The van der Waals surface area contributed by atoms with Gasteiger partial charge in [-0.1, -0.05) is 54.3 Å². The summed E-state index contributed by atoms with van der Waals surface area (Å²) in [4.78, 5) is 19.7. The number of aliphatic hydroxyl groups is 1. The first-order chi connectivity index (χ1) is 11.0. The van der Waals surface area contributed by atoms with Gasteiger partial charge >= 0.3 is 0 Å². The van der Waals surface area contributed by atoms with Crippen molar-refractivity contribution in [3.8, 4) is 0 Å². The van der Waals surface area contributed by atoms with Crippen LogP contribution >= 0.6 is 35.3 Å². The number of rotatable bonds is 4. The van der Waals surface area contributed by atoms with Gasteiger partial charge in [-0.2, -0.15) is 0 Å². The van der Waals surface area contributed by atoms with Crippen molar-refractivity contribution in [3.05, 3.63) is 56.9 Å². The lowest BCUT2D eigenvalue weighted by Crippen LogP contribution is -2.27. The van der Waals surface area contributed by atoms with Crippen molar-refractivity contribution in [1.29, 1.82) is 0 Å². The highest BCUT2D eigenvalue weighted by Gasteiger charge is 2.32. The van der Waals surface area contributed by atoms with Gasteiger partial charge in [0.25, 0.3) is 5.91 Å². The average molecular weight is 363 g/mol. The molecule has 1 fully saturated rings.